The molecular formula is C37H43ClF3N5O7S. The molecule has 4 fully saturated rings. The van der Waals surface area contributed by atoms with Gasteiger partial charge in [-0.05, 0) is 91.2 Å². The van der Waals surface area contributed by atoms with Gasteiger partial charge in [0.15, 0.2) is 0 Å². The van der Waals surface area contributed by atoms with Gasteiger partial charge in [-0.15, -0.1) is 0 Å². The van der Waals surface area contributed by atoms with Crippen molar-refractivity contribution in [2.24, 2.45) is 23.2 Å². The van der Waals surface area contributed by atoms with Crippen molar-refractivity contribution in [3.8, 4) is 0 Å². The van der Waals surface area contributed by atoms with Gasteiger partial charge in [0.2, 0.25) is 21.8 Å². The van der Waals surface area contributed by atoms with Crippen LogP contribution in [-0.2, 0) is 37.1 Å². The highest BCUT2D eigenvalue weighted by Gasteiger charge is 2.67. The van der Waals surface area contributed by atoms with Gasteiger partial charge in [0, 0.05) is 23.2 Å². The highest BCUT2D eigenvalue weighted by molar-refractivity contribution is 7.91. The van der Waals surface area contributed by atoms with Crippen LogP contribution in [0, 0.1) is 23.2 Å². The van der Waals surface area contributed by atoms with E-state index in [1.165, 1.54) is 21.9 Å². The number of fused-ring (bicyclic) bond motifs is 1. The molecule has 17 heteroatoms. The summed E-state index contributed by atoms with van der Waals surface area (Å²) in [7, 11) is -3.94. The fourth-order valence-electron chi connectivity index (χ4n) is 8.31. The van der Waals surface area contributed by atoms with Crippen LogP contribution in [0.2, 0.25) is 5.02 Å². The molecule has 7 rings (SSSR count). The van der Waals surface area contributed by atoms with Crippen molar-refractivity contribution in [1.82, 2.24) is 19.8 Å². The number of nitrogens with zero attached hydrogens (tertiary/aromatic N) is 2. The molecule has 3 saturated carbocycles. The van der Waals surface area contributed by atoms with Crippen LogP contribution < -0.4 is 15.4 Å². The van der Waals surface area contributed by atoms with E-state index in [4.69, 9.17) is 11.6 Å². The summed E-state index contributed by atoms with van der Waals surface area (Å²) in [5, 5.41) is 15.8. The van der Waals surface area contributed by atoms with Gasteiger partial charge in [-0.2, -0.15) is 13.2 Å². The summed E-state index contributed by atoms with van der Waals surface area (Å²) in [6.07, 6.45) is -3.15. The van der Waals surface area contributed by atoms with Crippen molar-refractivity contribution in [2.75, 3.05) is 11.9 Å². The first-order valence-corrected chi connectivity index (χ1v) is 20.0. The van der Waals surface area contributed by atoms with Gasteiger partial charge in [-0.1, -0.05) is 50.6 Å². The number of halogens is 4. The van der Waals surface area contributed by atoms with E-state index in [1.807, 2.05) is 0 Å². The van der Waals surface area contributed by atoms with E-state index in [9.17, 15) is 45.9 Å². The molecule has 4 N–H and O–H groups in total. The number of nitrogens with one attached hydrogen (secondary N) is 3. The Morgan fingerprint density at radius 2 is 1.67 bits per heavy atom. The maximum atomic E-state index is 14.8. The summed E-state index contributed by atoms with van der Waals surface area (Å²) >= 11 is 6.49. The van der Waals surface area contributed by atoms with E-state index in [-0.39, 0.29) is 43.5 Å². The number of sulfonamides is 1. The molecule has 2 aromatic rings. The lowest BCUT2D eigenvalue weighted by Gasteiger charge is -2.36. The number of likely N-dealkylation sites (tertiary alicyclic amines) is 1. The first kappa shape index (κ1) is 38.2. The quantitative estimate of drug-likeness (QED) is 0.244. The molecule has 0 spiro atoms. The Hall–Kier alpha value is -4.05. The summed E-state index contributed by atoms with van der Waals surface area (Å²) in [5.41, 5.74) is -2.06. The zero-order chi connectivity index (χ0) is 39.1. The molecule has 0 bridgehead atoms. The molecule has 4 amide bonds. The van der Waals surface area contributed by atoms with Crippen LogP contribution in [0.5, 0.6) is 0 Å². The largest absolute Gasteiger partial charge is 0.465 e. The van der Waals surface area contributed by atoms with E-state index < -0.39 is 85.8 Å². The molecule has 1 saturated heterocycles. The van der Waals surface area contributed by atoms with Gasteiger partial charge >= 0.3 is 12.3 Å². The third-order valence-corrected chi connectivity index (χ3v) is 13.7. The fraction of sp³-hybridized carbons (Fsp3) is 0.568. The minimum atomic E-state index is -4.64. The predicted octanol–water partition coefficient (Wildman–Crippen LogP) is 5.53. The number of anilines is 1. The minimum Gasteiger partial charge on any atom is -0.465 e. The summed E-state index contributed by atoms with van der Waals surface area (Å²) in [6, 6.07) is 6.36. The van der Waals surface area contributed by atoms with Crippen LogP contribution in [0.15, 0.2) is 42.5 Å². The number of rotatable bonds is 10. The van der Waals surface area contributed by atoms with Gasteiger partial charge in [-0.3, -0.25) is 24.0 Å². The van der Waals surface area contributed by atoms with Gasteiger partial charge in [-0.25, -0.2) is 13.2 Å². The van der Waals surface area contributed by atoms with Gasteiger partial charge in [0.25, 0.3) is 5.91 Å². The number of hydrogen-bond acceptors (Lipinski definition) is 7. The lowest BCUT2D eigenvalue weighted by Crippen LogP contribution is -2.58. The SMILES string of the molecule is CC(C)(C)[C@H](Nc1cccc(C(F)(F)F)c1)C(=O)N1C[C@H](C2c3cccc(Cl)c3CN2C(=O)O)C[C@H]1C(=O)N[C@]1(C(=O)NS(=O)(=O)C2CC2)C[C@H]1C1CC1. The van der Waals surface area contributed by atoms with E-state index in [1.54, 1.807) is 39.0 Å². The molecule has 2 heterocycles. The second-order valence-corrected chi connectivity index (χ2v) is 18.8. The van der Waals surface area contributed by atoms with Gasteiger partial charge < -0.3 is 20.6 Å². The fourth-order valence-corrected chi connectivity index (χ4v) is 9.91. The Bertz CT molecular complexity index is 2000. The molecule has 2 aromatic carbocycles. The van der Waals surface area contributed by atoms with Crippen molar-refractivity contribution in [1.29, 1.82) is 0 Å². The number of carboxylic acid groups (broad SMARTS) is 1. The molecule has 2 aliphatic heterocycles. The summed E-state index contributed by atoms with van der Waals surface area (Å²) < 4.78 is 68.8. The first-order chi connectivity index (χ1) is 25.2. The van der Waals surface area contributed by atoms with Gasteiger partial charge in [0.05, 0.1) is 23.4 Å². The number of hydrogen-bond donors (Lipinski definition) is 4. The molecule has 5 aliphatic rings. The lowest BCUT2D eigenvalue weighted by atomic mass is 9.85. The number of carbonyl (C=O) groups is 4. The molecule has 54 heavy (non-hydrogen) atoms. The number of alkyl halides is 3. The third kappa shape index (κ3) is 7.23. The van der Waals surface area contributed by atoms with Crippen LogP contribution >= 0.6 is 11.6 Å². The van der Waals surface area contributed by atoms with E-state index in [2.05, 4.69) is 15.4 Å². The highest BCUT2D eigenvalue weighted by Crippen LogP contribution is 2.57. The Morgan fingerprint density at radius 1 is 0.981 bits per heavy atom. The summed E-state index contributed by atoms with van der Waals surface area (Å²) in [5.74, 6) is -2.94. The molecule has 1 unspecified atom stereocenters. The third-order valence-electron chi connectivity index (χ3n) is 11.5. The second kappa shape index (κ2) is 13.3. The molecule has 6 atom stereocenters. The molecule has 3 aliphatic carbocycles. The van der Waals surface area contributed by atoms with Crippen molar-refractivity contribution in [2.45, 2.75) is 101 Å². The molecule has 292 valence electrons. The van der Waals surface area contributed by atoms with Crippen molar-refractivity contribution in [3.05, 3.63) is 64.2 Å². The van der Waals surface area contributed by atoms with Gasteiger partial charge in [0.1, 0.15) is 17.6 Å². The smallest absolute Gasteiger partial charge is 0.416 e. The normalized spacial score (nSPS) is 27.2. The average Bonchev–Trinajstić information content (AvgIpc) is 4.00. The van der Waals surface area contributed by atoms with Crippen LogP contribution in [0.4, 0.5) is 23.7 Å². The minimum absolute atomic E-state index is 0.0140. The molecule has 0 radical (unpaired) electrons. The van der Waals surface area contributed by atoms with Crippen LogP contribution in [-0.4, -0.2) is 76.6 Å². The Morgan fingerprint density at radius 3 is 2.28 bits per heavy atom. The van der Waals surface area contributed by atoms with Crippen LogP contribution in [0.1, 0.15) is 82.0 Å². The average molecular weight is 794 g/mol. The lowest BCUT2D eigenvalue weighted by molar-refractivity contribution is -0.141. The van der Waals surface area contributed by atoms with E-state index in [0.29, 0.717) is 29.0 Å². The van der Waals surface area contributed by atoms with Crippen molar-refractivity contribution < 1.29 is 45.9 Å². The predicted molar refractivity (Wildman–Crippen MR) is 191 cm³/mol. The van der Waals surface area contributed by atoms with Crippen LogP contribution in [0.3, 0.4) is 0 Å². The van der Waals surface area contributed by atoms with E-state index >= 15 is 0 Å². The maximum absolute atomic E-state index is 14.8. The molecular weight excluding hydrogens is 751 g/mol. The molecule has 0 aromatic heterocycles. The van der Waals surface area contributed by atoms with Crippen molar-refractivity contribution in [3.63, 3.8) is 0 Å². The maximum Gasteiger partial charge on any atom is 0.416 e. The monoisotopic (exact) mass is 793 g/mol. The summed E-state index contributed by atoms with van der Waals surface area (Å²) in [6.45, 7) is 5.06. The second-order valence-electron chi connectivity index (χ2n) is 16.5. The van der Waals surface area contributed by atoms with E-state index in [0.717, 1.165) is 25.0 Å². The Labute approximate surface area is 316 Å². The number of amides is 4. The van der Waals surface area contributed by atoms with Crippen molar-refractivity contribution >= 4 is 51.1 Å². The first-order valence-electron chi connectivity index (χ1n) is 18.1. The molecule has 12 nitrogen and oxygen atoms in total. The Balaban J connectivity index is 1.23. The van der Waals surface area contributed by atoms with Crippen LogP contribution in [0.25, 0.3) is 0 Å². The number of benzene rings is 2. The Kier molecular flexibility index (Phi) is 9.42. The standard InChI is InChI=1S/C37H43ClF3N5O7S/c1-35(2,3)30(42-22-7-4-6-21(15-22)37(39,40)41)32(48)45-17-20(29-24-8-5-9-27(38)25(24)18-46(29)34(50)51)14-28(45)31(47)43-36(16-26(36)19-10-11-19)33(49)44-54(52,53)23-12-13-23/h4-9,15,19-20,23,26,28-30,42H,10-14,16-18H2,1-3H3,(H,43,47)(H,44,49)(H,50,51)/t20-,26+,28+,29?,30-,36-/m1/s1. The zero-order valence-electron chi connectivity index (χ0n) is 30.0. The zero-order valence-corrected chi connectivity index (χ0v) is 31.5. The summed E-state index contributed by atoms with van der Waals surface area (Å²) in [4.78, 5) is 58.2. The topological polar surface area (TPSA) is 165 Å². The highest BCUT2D eigenvalue weighted by atomic mass is 35.5. The number of carbonyl (C=O) groups excluding carboxylic acids is 3.